The van der Waals surface area contributed by atoms with E-state index in [9.17, 15) is 0 Å². The Morgan fingerprint density at radius 2 is 2.17 bits per heavy atom. The lowest BCUT2D eigenvalue weighted by molar-refractivity contribution is 0.796. The van der Waals surface area contributed by atoms with Crippen molar-refractivity contribution in [3.05, 3.63) is 28.8 Å². The van der Waals surface area contributed by atoms with Crippen molar-refractivity contribution in [2.45, 2.75) is 26.2 Å². The van der Waals surface area contributed by atoms with Gasteiger partial charge in [-0.05, 0) is 30.5 Å². The van der Waals surface area contributed by atoms with E-state index in [4.69, 9.17) is 17.3 Å². The number of unbranched alkanes of at least 4 members (excludes halogenated alkanes) is 1. The van der Waals surface area contributed by atoms with Gasteiger partial charge >= 0.3 is 0 Å². The van der Waals surface area contributed by atoms with Gasteiger partial charge in [-0.3, -0.25) is 0 Å². The maximum Gasteiger partial charge on any atom is 0.0426 e. The molecule has 2 heteroatoms. The minimum Gasteiger partial charge on any atom is -0.398 e. The maximum absolute atomic E-state index is 5.78. The molecule has 0 spiro atoms. The van der Waals surface area contributed by atoms with E-state index >= 15 is 0 Å². The van der Waals surface area contributed by atoms with Crippen LogP contribution in [0.1, 0.15) is 25.3 Å². The standard InChI is InChI=1S/C10H14ClN/c1-2-3-4-8-5-6-9(11)7-10(8)12/h5-7H,2-4,12H2,1H3. The highest BCUT2D eigenvalue weighted by Gasteiger charge is 1.98. The third-order valence-corrected chi connectivity index (χ3v) is 2.14. The summed E-state index contributed by atoms with van der Waals surface area (Å²) in [5, 5.41) is 0.716. The van der Waals surface area contributed by atoms with Gasteiger partial charge in [0.1, 0.15) is 0 Å². The molecule has 1 aromatic rings. The predicted molar refractivity (Wildman–Crippen MR) is 54.5 cm³/mol. The molecule has 0 saturated heterocycles. The van der Waals surface area contributed by atoms with Crippen LogP contribution in [0.25, 0.3) is 0 Å². The Hall–Kier alpha value is -0.690. The van der Waals surface area contributed by atoms with E-state index in [0.717, 1.165) is 12.1 Å². The van der Waals surface area contributed by atoms with Gasteiger partial charge in [0.2, 0.25) is 0 Å². The van der Waals surface area contributed by atoms with Crippen LogP contribution in [0, 0.1) is 0 Å². The molecule has 0 radical (unpaired) electrons. The van der Waals surface area contributed by atoms with Crippen LogP contribution in [0.3, 0.4) is 0 Å². The lowest BCUT2D eigenvalue weighted by Crippen LogP contribution is -1.93. The molecule has 1 rings (SSSR count). The van der Waals surface area contributed by atoms with Gasteiger partial charge in [0.15, 0.2) is 0 Å². The van der Waals surface area contributed by atoms with Crippen molar-refractivity contribution >= 4 is 17.3 Å². The molecule has 0 unspecified atom stereocenters. The number of benzene rings is 1. The molecule has 0 heterocycles. The van der Waals surface area contributed by atoms with Crippen LogP contribution in [0.5, 0.6) is 0 Å². The number of aryl methyl sites for hydroxylation is 1. The Kier molecular flexibility index (Phi) is 3.42. The summed E-state index contributed by atoms with van der Waals surface area (Å²) in [6, 6.07) is 5.71. The van der Waals surface area contributed by atoms with Crippen molar-refractivity contribution < 1.29 is 0 Å². The normalized spacial score (nSPS) is 10.2. The molecule has 0 aliphatic heterocycles. The summed E-state index contributed by atoms with van der Waals surface area (Å²) in [5.41, 5.74) is 7.80. The Morgan fingerprint density at radius 1 is 1.42 bits per heavy atom. The van der Waals surface area contributed by atoms with E-state index < -0.39 is 0 Å². The Bertz CT molecular complexity index is 258. The highest BCUT2D eigenvalue weighted by molar-refractivity contribution is 6.30. The van der Waals surface area contributed by atoms with E-state index in [1.54, 1.807) is 0 Å². The first-order valence-electron chi connectivity index (χ1n) is 4.28. The van der Waals surface area contributed by atoms with Gasteiger partial charge < -0.3 is 5.73 Å². The average Bonchev–Trinajstić information content (AvgIpc) is 2.03. The fraction of sp³-hybridized carbons (Fsp3) is 0.400. The molecule has 0 amide bonds. The number of nitrogen functional groups attached to an aromatic ring is 1. The summed E-state index contributed by atoms with van der Waals surface area (Å²) in [7, 11) is 0. The molecule has 0 aromatic heterocycles. The smallest absolute Gasteiger partial charge is 0.0426 e. The molecule has 0 aliphatic carbocycles. The van der Waals surface area contributed by atoms with Crippen LogP contribution in [0.15, 0.2) is 18.2 Å². The molecule has 2 N–H and O–H groups in total. The molecule has 0 atom stereocenters. The van der Waals surface area contributed by atoms with Crippen LogP contribution in [0.2, 0.25) is 5.02 Å². The first-order chi connectivity index (χ1) is 5.74. The number of hydrogen-bond donors (Lipinski definition) is 1. The summed E-state index contributed by atoms with van der Waals surface area (Å²) >= 11 is 5.77. The first-order valence-corrected chi connectivity index (χ1v) is 4.65. The van der Waals surface area contributed by atoms with Gasteiger partial charge in [-0.2, -0.15) is 0 Å². The number of rotatable bonds is 3. The zero-order valence-electron chi connectivity index (χ0n) is 7.31. The third-order valence-electron chi connectivity index (χ3n) is 1.91. The van der Waals surface area contributed by atoms with Gasteiger partial charge in [-0.15, -0.1) is 0 Å². The first kappa shape index (κ1) is 9.40. The third kappa shape index (κ3) is 2.42. The minimum absolute atomic E-state index is 0.716. The topological polar surface area (TPSA) is 26.0 Å². The second kappa shape index (κ2) is 4.36. The van der Waals surface area contributed by atoms with Crippen LogP contribution >= 0.6 is 11.6 Å². The molecule has 0 saturated carbocycles. The number of anilines is 1. The van der Waals surface area contributed by atoms with Gasteiger partial charge in [-0.1, -0.05) is 31.0 Å². The van der Waals surface area contributed by atoms with Crippen molar-refractivity contribution in [1.82, 2.24) is 0 Å². The summed E-state index contributed by atoms with van der Waals surface area (Å²) in [6.07, 6.45) is 3.44. The van der Waals surface area contributed by atoms with Gasteiger partial charge in [0.25, 0.3) is 0 Å². The predicted octanol–water partition coefficient (Wildman–Crippen LogP) is 3.26. The lowest BCUT2D eigenvalue weighted by atomic mass is 10.1. The zero-order chi connectivity index (χ0) is 8.97. The van der Waals surface area contributed by atoms with Crippen molar-refractivity contribution in [2.75, 3.05) is 5.73 Å². The van der Waals surface area contributed by atoms with Gasteiger partial charge in [-0.25, -0.2) is 0 Å². The molecule has 0 aliphatic rings. The highest BCUT2D eigenvalue weighted by atomic mass is 35.5. The fourth-order valence-corrected chi connectivity index (χ4v) is 1.34. The summed E-state index contributed by atoms with van der Waals surface area (Å²) < 4.78 is 0. The van der Waals surface area contributed by atoms with Crippen LogP contribution < -0.4 is 5.73 Å². The Morgan fingerprint density at radius 3 is 2.75 bits per heavy atom. The lowest BCUT2D eigenvalue weighted by Gasteiger charge is -2.04. The van der Waals surface area contributed by atoms with Crippen molar-refractivity contribution in [1.29, 1.82) is 0 Å². The monoisotopic (exact) mass is 183 g/mol. The Labute approximate surface area is 78.5 Å². The molecule has 12 heavy (non-hydrogen) atoms. The number of hydrogen-bond acceptors (Lipinski definition) is 1. The second-order valence-electron chi connectivity index (χ2n) is 2.95. The number of halogens is 1. The molecule has 1 nitrogen and oxygen atoms in total. The van der Waals surface area contributed by atoms with Crippen LogP contribution in [-0.2, 0) is 6.42 Å². The number of nitrogens with two attached hydrogens (primary N) is 1. The second-order valence-corrected chi connectivity index (χ2v) is 3.38. The Balaban J connectivity index is 2.72. The van der Waals surface area contributed by atoms with Crippen molar-refractivity contribution in [3.8, 4) is 0 Å². The molecular formula is C10H14ClN. The largest absolute Gasteiger partial charge is 0.398 e. The molecule has 66 valence electrons. The van der Waals surface area contributed by atoms with E-state index in [0.29, 0.717) is 5.02 Å². The highest BCUT2D eigenvalue weighted by Crippen LogP contribution is 2.19. The maximum atomic E-state index is 5.78. The molecule has 0 fully saturated rings. The fourth-order valence-electron chi connectivity index (χ4n) is 1.16. The molecular weight excluding hydrogens is 170 g/mol. The van der Waals surface area contributed by atoms with Crippen LogP contribution in [-0.4, -0.2) is 0 Å². The quantitative estimate of drug-likeness (QED) is 0.716. The SMILES string of the molecule is CCCCc1ccc(Cl)cc1N. The van der Waals surface area contributed by atoms with Crippen molar-refractivity contribution in [2.24, 2.45) is 0 Å². The van der Waals surface area contributed by atoms with Gasteiger partial charge in [0.05, 0.1) is 0 Å². The molecule has 0 bridgehead atoms. The van der Waals surface area contributed by atoms with E-state index in [1.165, 1.54) is 18.4 Å². The molecule has 1 aromatic carbocycles. The van der Waals surface area contributed by atoms with E-state index in [2.05, 4.69) is 6.92 Å². The zero-order valence-corrected chi connectivity index (χ0v) is 8.06. The summed E-state index contributed by atoms with van der Waals surface area (Å²) in [6.45, 7) is 2.17. The van der Waals surface area contributed by atoms with E-state index in [1.807, 2.05) is 18.2 Å². The van der Waals surface area contributed by atoms with E-state index in [-0.39, 0.29) is 0 Å². The minimum atomic E-state index is 0.716. The summed E-state index contributed by atoms with van der Waals surface area (Å²) in [5.74, 6) is 0. The van der Waals surface area contributed by atoms with Crippen molar-refractivity contribution in [3.63, 3.8) is 0 Å². The van der Waals surface area contributed by atoms with Crippen LogP contribution in [0.4, 0.5) is 5.69 Å². The average molecular weight is 184 g/mol. The van der Waals surface area contributed by atoms with Gasteiger partial charge in [0, 0.05) is 10.7 Å². The summed E-state index contributed by atoms with van der Waals surface area (Å²) in [4.78, 5) is 0.